The number of rotatable bonds is 2. The molecule has 1 aliphatic rings. The zero-order chi connectivity index (χ0) is 13.4. The summed E-state index contributed by atoms with van der Waals surface area (Å²) in [6.07, 6.45) is 0. The molecular weight excluding hydrogens is 311 g/mol. The summed E-state index contributed by atoms with van der Waals surface area (Å²) in [4.78, 5) is 11.9. The van der Waals surface area contributed by atoms with Crippen molar-refractivity contribution in [3.8, 4) is 0 Å². The third-order valence-corrected chi connectivity index (χ3v) is 3.47. The number of nitrogens with one attached hydrogen (secondary N) is 2. The summed E-state index contributed by atoms with van der Waals surface area (Å²) in [5.74, 6) is -0.477. The number of carbonyl (C=O) groups is 1. The highest BCUT2D eigenvalue weighted by Crippen LogP contribution is 2.35. The molecule has 1 heterocycles. The first-order chi connectivity index (χ1) is 9.13. The second-order valence-electron chi connectivity index (χ2n) is 4.31. The van der Waals surface area contributed by atoms with Crippen LogP contribution in [0.25, 0.3) is 0 Å². The molecule has 96 valence electrons. The summed E-state index contributed by atoms with van der Waals surface area (Å²) in [6.45, 7) is 0. The van der Waals surface area contributed by atoms with Gasteiger partial charge in [-0.3, -0.25) is 4.79 Å². The summed E-state index contributed by atoms with van der Waals surface area (Å²) in [7, 11) is 0. The normalized spacial score (nSPS) is 16.9. The predicted octanol–water partition coefficient (Wildman–Crippen LogP) is 3.69. The molecule has 0 radical (unpaired) electrons. The van der Waals surface area contributed by atoms with E-state index in [1.54, 1.807) is 12.1 Å². The van der Waals surface area contributed by atoms with Crippen molar-refractivity contribution in [3.63, 3.8) is 0 Å². The van der Waals surface area contributed by atoms with Crippen molar-refractivity contribution >= 4 is 33.2 Å². The van der Waals surface area contributed by atoms with Crippen molar-refractivity contribution in [2.75, 3.05) is 10.6 Å². The molecule has 1 aliphatic heterocycles. The fourth-order valence-electron chi connectivity index (χ4n) is 2.12. The van der Waals surface area contributed by atoms with Gasteiger partial charge in [0.1, 0.15) is 11.9 Å². The Morgan fingerprint density at radius 2 is 2.05 bits per heavy atom. The van der Waals surface area contributed by atoms with Crippen molar-refractivity contribution in [2.45, 2.75) is 6.04 Å². The molecule has 0 fully saturated rings. The van der Waals surface area contributed by atoms with Gasteiger partial charge < -0.3 is 10.6 Å². The van der Waals surface area contributed by atoms with E-state index in [0.717, 1.165) is 15.7 Å². The van der Waals surface area contributed by atoms with Crippen LogP contribution in [-0.2, 0) is 4.79 Å². The molecule has 19 heavy (non-hydrogen) atoms. The van der Waals surface area contributed by atoms with Gasteiger partial charge in [0.15, 0.2) is 0 Å². The summed E-state index contributed by atoms with van der Waals surface area (Å²) in [5.41, 5.74) is 2.21. The number of carbonyl (C=O) groups excluding carboxylic acids is 1. The molecule has 0 aromatic heterocycles. The van der Waals surface area contributed by atoms with Gasteiger partial charge in [-0.2, -0.15) is 0 Å². The maximum Gasteiger partial charge on any atom is 0.251 e. The molecule has 0 bridgehead atoms. The van der Waals surface area contributed by atoms with Crippen LogP contribution in [0.4, 0.5) is 15.8 Å². The first-order valence-electron chi connectivity index (χ1n) is 5.76. The molecule has 1 atom stereocenters. The predicted molar refractivity (Wildman–Crippen MR) is 75.5 cm³/mol. The average molecular weight is 321 g/mol. The largest absolute Gasteiger partial charge is 0.370 e. The number of anilines is 2. The first kappa shape index (κ1) is 12.2. The third kappa shape index (κ3) is 2.33. The van der Waals surface area contributed by atoms with Gasteiger partial charge in [0.25, 0.3) is 5.91 Å². The van der Waals surface area contributed by atoms with E-state index in [2.05, 4.69) is 26.6 Å². The van der Waals surface area contributed by atoms with Crippen LogP contribution in [0.15, 0.2) is 46.9 Å². The molecule has 0 saturated carbocycles. The van der Waals surface area contributed by atoms with E-state index >= 15 is 0 Å². The van der Waals surface area contributed by atoms with Crippen molar-refractivity contribution in [1.82, 2.24) is 0 Å². The van der Waals surface area contributed by atoms with Crippen LogP contribution in [0.3, 0.4) is 0 Å². The SMILES string of the molecule is O=C1Nc2ccc(Br)cc2C1Nc1cccc(F)c1. The van der Waals surface area contributed by atoms with Gasteiger partial charge in [-0.15, -0.1) is 0 Å². The zero-order valence-electron chi connectivity index (χ0n) is 9.78. The van der Waals surface area contributed by atoms with E-state index in [4.69, 9.17) is 0 Å². The highest BCUT2D eigenvalue weighted by molar-refractivity contribution is 9.10. The van der Waals surface area contributed by atoms with Gasteiger partial charge >= 0.3 is 0 Å². The number of amides is 1. The van der Waals surface area contributed by atoms with Crippen LogP contribution in [0.2, 0.25) is 0 Å². The Labute approximate surface area is 118 Å². The van der Waals surface area contributed by atoms with E-state index in [0.29, 0.717) is 5.69 Å². The van der Waals surface area contributed by atoms with Crippen molar-refractivity contribution in [1.29, 1.82) is 0 Å². The third-order valence-electron chi connectivity index (χ3n) is 2.98. The summed E-state index contributed by atoms with van der Waals surface area (Å²) in [6, 6.07) is 11.1. The monoisotopic (exact) mass is 320 g/mol. The Hall–Kier alpha value is -1.88. The average Bonchev–Trinajstić information content (AvgIpc) is 2.66. The van der Waals surface area contributed by atoms with Gasteiger partial charge in [0.05, 0.1) is 0 Å². The minimum Gasteiger partial charge on any atom is -0.370 e. The van der Waals surface area contributed by atoms with E-state index in [-0.39, 0.29) is 11.7 Å². The molecule has 0 aliphatic carbocycles. The highest BCUT2D eigenvalue weighted by Gasteiger charge is 2.30. The van der Waals surface area contributed by atoms with Crippen LogP contribution in [0, 0.1) is 5.82 Å². The molecule has 2 aromatic rings. The summed E-state index contributed by atoms with van der Waals surface area (Å²) >= 11 is 3.38. The highest BCUT2D eigenvalue weighted by atomic mass is 79.9. The minimum atomic E-state index is -0.505. The number of benzene rings is 2. The Balaban J connectivity index is 1.94. The number of fused-ring (bicyclic) bond motifs is 1. The summed E-state index contributed by atoms with van der Waals surface area (Å²) in [5, 5.41) is 5.84. The molecule has 1 amide bonds. The lowest BCUT2D eigenvalue weighted by Crippen LogP contribution is -2.19. The van der Waals surface area contributed by atoms with Gasteiger partial charge in [-0.1, -0.05) is 22.0 Å². The Kier molecular flexibility index (Phi) is 2.98. The lowest BCUT2D eigenvalue weighted by Gasteiger charge is -2.13. The molecule has 2 N–H and O–H groups in total. The second kappa shape index (κ2) is 4.66. The standard InChI is InChI=1S/C14H10BrFN2O/c15-8-4-5-12-11(6-8)13(14(19)18-12)17-10-3-1-2-9(16)7-10/h1-7,13,17H,(H,18,19). The van der Waals surface area contributed by atoms with Crippen molar-refractivity contribution < 1.29 is 9.18 Å². The Morgan fingerprint density at radius 1 is 1.21 bits per heavy atom. The minimum absolute atomic E-state index is 0.141. The summed E-state index contributed by atoms with van der Waals surface area (Å²) < 4.78 is 14.0. The van der Waals surface area contributed by atoms with Crippen LogP contribution in [0.1, 0.15) is 11.6 Å². The lowest BCUT2D eigenvalue weighted by molar-refractivity contribution is -0.116. The molecule has 1 unspecified atom stereocenters. The molecule has 3 nitrogen and oxygen atoms in total. The topological polar surface area (TPSA) is 41.1 Å². The van der Waals surface area contributed by atoms with Crippen LogP contribution >= 0.6 is 15.9 Å². The quantitative estimate of drug-likeness (QED) is 0.886. The van der Waals surface area contributed by atoms with Gasteiger partial charge in [0, 0.05) is 21.4 Å². The lowest BCUT2D eigenvalue weighted by atomic mass is 10.1. The second-order valence-corrected chi connectivity index (χ2v) is 5.22. The molecule has 5 heteroatoms. The molecule has 3 rings (SSSR count). The number of halogens is 2. The van der Waals surface area contributed by atoms with Crippen LogP contribution < -0.4 is 10.6 Å². The van der Waals surface area contributed by atoms with E-state index in [9.17, 15) is 9.18 Å². The van der Waals surface area contributed by atoms with E-state index < -0.39 is 6.04 Å². The van der Waals surface area contributed by atoms with Gasteiger partial charge in [-0.05, 0) is 36.4 Å². The van der Waals surface area contributed by atoms with E-state index in [1.807, 2.05) is 18.2 Å². The maximum absolute atomic E-state index is 13.2. The zero-order valence-corrected chi connectivity index (χ0v) is 11.4. The van der Waals surface area contributed by atoms with Gasteiger partial charge in [0.2, 0.25) is 0 Å². The van der Waals surface area contributed by atoms with Crippen LogP contribution in [0.5, 0.6) is 0 Å². The molecule has 0 saturated heterocycles. The van der Waals surface area contributed by atoms with Crippen molar-refractivity contribution in [3.05, 3.63) is 58.3 Å². The van der Waals surface area contributed by atoms with E-state index in [1.165, 1.54) is 12.1 Å². The van der Waals surface area contributed by atoms with Crippen LogP contribution in [-0.4, -0.2) is 5.91 Å². The fraction of sp³-hybridized carbons (Fsp3) is 0.0714. The maximum atomic E-state index is 13.2. The number of hydrogen-bond acceptors (Lipinski definition) is 2. The number of hydrogen-bond donors (Lipinski definition) is 2. The smallest absolute Gasteiger partial charge is 0.251 e. The van der Waals surface area contributed by atoms with Crippen molar-refractivity contribution in [2.24, 2.45) is 0 Å². The fourth-order valence-corrected chi connectivity index (χ4v) is 2.50. The molecule has 0 spiro atoms. The molecule has 2 aromatic carbocycles. The van der Waals surface area contributed by atoms with Gasteiger partial charge in [-0.25, -0.2) is 4.39 Å². The Morgan fingerprint density at radius 3 is 2.84 bits per heavy atom. The molecular formula is C14H10BrFN2O. The first-order valence-corrected chi connectivity index (χ1v) is 6.55. The Bertz CT molecular complexity index is 660.